The SMILES string of the molecule is Cc1nccnc1NCCOC1CCNCC1. The highest BCUT2D eigenvalue weighted by Gasteiger charge is 2.12. The lowest BCUT2D eigenvalue weighted by Gasteiger charge is -2.23. The van der Waals surface area contributed by atoms with Gasteiger partial charge in [-0.25, -0.2) is 4.98 Å². The molecule has 0 unspecified atom stereocenters. The lowest BCUT2D eigenvalue weighted by molar-refractivity contribution is 0.0394. The van der Waals surface area contributed by atoms with Gasteiger partial charge in [0.25, 0.3) is 0 Å². The molecule has 0 amide bonds. The van der Waals surface area contributed by atoms with Crippen LogP contribution in [0.2, 0.25) is 0 Å². The summed E-state index contributed by atoms with van der Waals surface area (Å²) in [6, 6.07) is 0. The molecular formula is C12H20N4O. The van der Waals surface area contributed by atoms with Gasteiger partial charge in [-0.3, -0.25) is 4.98 Å². The number of hydrogen-bond donors (Lipinski definition) is 2. The van der Waals surface area contributed by atoms with Crippen LogP contribution in [-0.2, 0) is 4.74 Å². The van der Waals surface area contributed by atoms with Crippen LogP contribution < -0.4 is 10.6 Å². The average Bonchev–Trinajstić information content (AvgIpc) is 2.38. The summed E-state index contributed by atoms with van der Waals surface area (Å²) in [4.78, 5) is 8.40. The van der Waals surface area contributed by atoms with Gasteiger partial charge in [0, 0.05) is 18.9 Å². The predicted octanol–water partition coefficient (Wildman–Crippen LogP) is 0.966. The largest absolute Gasteiger partial charge is 0.376 e. The van der Waals surface area contributed by atoms with Gasteiger partial charge >= 0.3 is 0 Å². The van der Waals surface area contributed by atoms with Crippen molar-refractivity contribution in [1.82, 2.24) is 15.3 Å². The van der Waals surface area contributed by atoms with Gasteiger partial charge in [0.2, 0.25) is 0 Å². The number of nitrogens with one attached hydrogen (secondary N) is 2. The highest BCUT2D eigenvalue weighted by atomic mass is 16.5. The maximum Gasteiger partial charge on any atom is 0.147 e. The van der Waals surface area contributed by atoms with Crippen molar-refractivity contribution in [2.24, 2.45) is 0 Å². The fourth-order valence-electron chi connectivity index (χ4n) is 1.94. The third kappa shape index (κ3) is 3.94. The first-order chi connectivity index (χ1) is 8.36. The monoisotopic (exact) mass is 236 g/mol. The van der Waals surface area contributed by atoms with Crippen LogP contribution in [0.25, 0.3) is 0 Å². The van der Waals surface area contributed by atoms with Gasteiger partial charge in [0.1, 0.15) is 5.82 Å². The standard InChI is InChI=1S/C12H20N4O/c1-10-12(15-7-6-14-10)16-8-9-17-11-2-4-13-5-3-11/h6-7,11,13H,2-5,8-9H2,1H3,(H,15,16). The minimum absolute atomic E-state index is 0.418. The number of nitrogens with zero attached hydrogens (tertiary/aromatic N) is 2. The zero-order valence-corrected chi connectivity index (χ0v) is 10.3. The molecule has 1 aromatic heterocycles. The number of rotatable bonds is 5. The molecule has 2 rings (SSSR count). The van der Waals surface area contributed by atoms with Gasteiger partial charge in [-0.1, -0.05) is 0 Å². The molecule has 0 aliphatic carbocycles. The van der Waals surface area contributed by atoms with E-state index in [9.17, 15) is 0 Å². The van der Waals surface area contributed by atoms with Crippen molar-refractivity contribution in [1.29, 1.82) is 0 Å². The summed E-state index contributed by atoms with van der Waals surface area (Å²) < 4.78 is 5.79. The number of ether oxygens (including phenoxy) is 1. The first kappa shape index (κ1) is 12.3. The van der Waals surface area contributed by atoms with Gasteiger partial charge in [-0.15, -0.1) is 0 Å². The highest BCUT2D eigenvalue weighted by Crippen LogP contribution is 2.08. The van der Waals surface area contributed by atoms with Crippen molar-refractivity contribution in [3.8, 4) is 0 Å². The Kier molecular flexibility index (Phi) is 4.70. The maximum absolute atomic E-state index is 5.79. The van der Waals surface area contributed by atoms with Crippen LogP contribution in [0.5, 0.6) is 0 Å². The van der Waals surface area contributed by atoms with Crippen LogP contribution in [-0.4, -0.2) is 42.3 Å². The lowest BCUT2D eigenvalue weighted by Crippen LogP contribution is -2.33. The molecule has 2 N–H and O–H groups in total. The van der Waals surface area contributed by atoms with E-state index in [4.69, 9.17) is 4.74 Å². The van der Waals surface area contributed by atoms with Crippen molar-refractivity contribution in [2.45, 2.75) is 25.9 Å². The van der Waals surface area contributed by atoms with Gasteiger partial charge in [0.15, 0.2) is 0 Å². The van der Waals surface area contributed by atoms with Crippen LogP contribution in [0, 0.1) is 6.92 Å². The van der Waals surface area contributed by atoms with Crippen LogP contribution in [0.1, 0.15) is 18.5 Å². The summed E-state index contributed by atoms with van der Waals surface area (Å²) in [5, 5.41) is 6.56. The Morgan fingerprint density at radius 1 is 1.35 bits per heavy atom. The van der Waals surface area contributed by atoms with E-state index in [2.05, 4.69) is 20.6 Å². The van der Waals surface area contributed by atoms with Crippen LogP contribution in [0.3, 0.4) is 0 Å². The summed E-state index contributed by atoms with van der Waals surface area (Å²) in [6.07, 6.45) is 6.05. The third-order valence-corrected chi connectivity index (χ3v) is 2.92. The van der Waals surface area contributed by atoms with E-state index in [0.29, 0.717) is 6.10 Å². The highest BCUT2D eigenvalue weighted by molar-refractivity contribution is 5.37. The Hall–Kier alpha value is -1.20. The van der Waals surface area contributed by atoms with Crippen LogP contribution in [0.4, 0.5) is 5.82 Å². The second kappa shape index (κ2) is 6.51. The molecule has 1 saturated heterocycles. The Morgan fingerprint density at radius 2 is 2.12 bits per heavy atom. The first-order valence-corrected chi connectivity index (χ1v) is 6.20. The van der Waals surface area contributed by atoms with E-state index in [1.54, 1.807) is 12.4 Å². The van der Waals surface area contributed by atoms with Crippen molar-refractivity contribution in [2.75, 3.05) is 31.6 Å². The fourth-order valence-corrected chi connectivity index (χ4v) is 1.94. The minimum atomic E-state index is 0.418. The normalized spacial score (nSPS) is 17.0. The Labute approximate surface area is 102 Å². The zero-order valence-electron chi connectivity index (χ0n) is 10.3. The van der Waals surface area contributed by atoms with E-state index in [0.717, 1.165) is 50.6 Å². The lowest BCUT2D eigenvalue weighted by atomic mass is 10.1. The molecule has 1 fully saturated rings. The van der Waals surface area contributed by atoms with Crippen molar-refractivity contribution in [3.05, 3.63) is 18.1 Å². The summed E-state index contributed by atoms with van der Waals surface area (Å²) in [5.41, 5.74) is 0.925. The molecule has 5 heteroatoms. The molecule has 5 nitrogen and oxygen atoms in total. The molecule has 1 aliphatic rings. The van der Waals surface area contributed by atoms with Crippen molar-refractivity contribution in [3.63, 3.8) is 0 Å². The van der Waals surface area contributed by atoms with E-state index < -0.39 is 0 Å². The zero-order chi connectivity index (χ0) is 11.9. The fraction of sp³-hybridized carbons (Fsp3) is 0.667. The molecule has 0 spiro atoms. The van der Waals surface area contributed by atoms with Crippen LogP contribution in [0.15, 0.2) is 12.4 Å². The number of hydrogen-bond acceptors (Lipinski definition) is 5. The van der Waals surface area contributed by atoms with Gasteiger partial charge in [0.05, 0.1) is 18.4 Å². The number of piperidine rings is 1. The first-order valence-electron chi connectivity index (χ1n) is 6.20. The molecule has 0 radical (unpaired) electrons. The second-order valence-corrected chi connectivity index (χ2v) is 4.24. The summed E-state index contributed by atoms with van der Waals surface area (Å²) in [6.45, 7) is 5.59. The summed E-state index contributed by atoms with van der Waals surface area (Å²) in [7, 11) is 0. The van der Waals surface area contributed by atoms with Gasteiger partial charge < -0.3 is 15.4 Å². The molecule has 0 aromatic carbocycles. The molecule has 0 saturated carbocycles. The minimum Gasteiger partial charge on any atom is -0.376 e. The average molecular weight is 236 g/mol. The maximum atomic E-state index is 5.79. The molecule has 2 heterocycles. The number of aromatic nitrogens is 2. The predicted molar refractivity (Wildman–Crippen MR) is 67.1 cm³/mol. The Morgan fingerprint density at radius 3 is 2.88 bits per heavy atom. The van der Waals surface area contributed by atoms with Crippen molar-refractivity contribution < 1.29 is 4.74 Å². The van der Waals surface area contributed by atoms with Gasteiger partial charge in [-0.2, -0.15) is 0 Å². The van der Waals surface area contributed by atoms with E-state index in [1.165, 1.54) is 0 Å². The summed E-state index contributed by atoms with van der Waals surface area (Å²) in [5.74, 6) is 0.849. The topological polar surface area (TPSA) is 59.1 Å². The number of anilines is 1. The van der Waals surface area contributed by atoms with E-state index in [1.807, 2.05) is 6.92 Å². The summed E-state index contributed by atoms with van der Waals surface area (Å²) >= 11 is 0. The second-order valence-electron chi connectivity index (χ2n) is 4.24. The quantitative estimate of drug-likeness (QED) is 0.746. The van der Waals surface area contributed by atoms with E-state index in [-0.39, 0.29) is 0 Å². The molecule has 0 bridgehead atoms. The van der Waals surface area contributed by atoms with E-state index >= 15 is 0 Å². The van der Waals surface area contributed by atoms with Crippen LogP contribution >= 0.6 is 0 Å². The Bertz CT molecular complexity index is 339. The molecular weight excluding hydrogens is 216 g/mol. The third-order valence-electron chi connectivity index (χ3n) is 2.92. The number of aryl methyl sites for hydroxylation is 1. The van der Waals surface area contributed by atoms with Gasteiger partial charge in [-0.05, 0) is 32.9 Å². The molecule has 94 valence electrons. The molecule has 1 aromatic rings. The molecule has 17 heavy (non-hydrogen) atoms. The smallest absolute Gasteiger partial charge is 0.147 e. The molecule has 0 atom stereocenters. The van der Waals surface area contributed by atoms with Crippen molar-refractivity contribution >= 4 is 5.82 Å². The Balaban J connectivity index is 1.64. The molecule has 1 aliphatic heterocycles.